The van der Waals surface area contributed by atoms with Crippen molar-refractivity contribution in [2.24, 2.45) is 5.41 Å². The Balaban J connectivity index is 4.54. The molecule has 0 radical (unpaired) electrons. The quantitative estimate of drug-likeness (QED) is 0.570. The van der Waals surface area contributed by atoms with Gasteiger partial charge in [0.2, 0.25) is 5.91 Å². The van der Waals surface area contributed by atoms with E-state index in [1.165, 1.54) is 6.08 Å². The van der Waals surface area contributed by atoms with Gasteiger partial charge in [-0.2, -0.15) is 0 Å². The van der Waals surface area contributed by atoms with Gasteiger partial charge in [-0.25, -0.2) is 0 Å². The number of carbonyl (C=O) groups is 2. The van der Waals surface area contributed by atoms with Gasteiger partial charge in [0.25, 0.3) is 0 Å². The molecule has 0 bridgehead atoms. The Morgan fingerprint density at radius 2 is 1.88 bits per heavy atom. The van der Waals surface area contributed by atoms with Crippen LogP contribution in [-0.4, -0.2) is 23.0 Å². The Labute approximate surface area is 102 Å². The number of allylic oxidation sites excluding steroid dienone is 3. The van der Waals surface area contributed by atoms with Crippen molar-refractivity contribution in [2.45, 2.75) is 40.2 Å². The molecular weight excluding hydrogens is 218 g/mol. The van der Waals surface area contributed by atoms with Crippen LogP contribution in [0.1, 0.15) is 34.1 Å². The van der Waals surface area contributed by atoms with Gasteiger partial charge in [-0.1, -0.05) is 39.0 Å². The molecule has 4 nitrogen and oxygen atoms in total. The molecule has 17 heavy (non-hydrogen) atoms. The van der Waals surface area contributed by atoms with Gasteiger partial charge < -0.3 is 10.4 Å². The fourth-order valence-corrected chi connectivity index (χ4v) is 1.22. The molecule has 0 saturated carbocycles. The topological polar surface area (TPSA) is 66.4 Å². The predicted molar refractivity (Wildman–Crippen MR) is 67.6 cm³/mol. The molecule has 4 heteroatoms. The summed E-state index contributed by atoms with van der Waals surface area (Å²) in [5.41, 5.74) is -0.289. The smallest absolute Gasteiger partial charge is 0.305 e. The van der Waals surface area contributed by atoms with Gasteiger partial charge in [-0.3, -0.25) is 9.59 Å². The highest BCUT2D eigenvalue weighted by Gasteiger charge is 2.27. The maximum absolute atomic E-state index is 11.5. The van der Waals surface area contributed by atoms with E-state index in [-0.39, 0.29) is 23.8 Å². The Kier molecular flexibility index (Phi) is 6.25. The highest BCUT2D eigenvalue weighted by Crippen LogP contribution is 2.21. The van der Waals surface area contributed by atoms with E-state index in [4.69, 9.17) is 5.11 Å². The van der Waals surface area contributed by atoms with E-state index in [1.807, 2.05) is 33.8 Å². The predicted octanol–water partition coefficient (Wildman–Crippen LogP) is 2.12. The molecule has 0 rings (SSSR count). The number of carboxylic acids is 1. The van der Waals surface area contributed by atoms with Crippen molar-refractivity contribution < 1.29 is 14.7 Å². The highest BCUT2D eigenvalue weighted by atomic mass is 16.4. The third-order valence-corrected chi connectivity index (χ3v) is 2.29. The number of hydrogen-bond acceptors (Lipinski definition) is 2. The number of carbonyl (C=O) groups excluding carboxylic acids is 1. The maximum atomic E-state index is 11.5. The van der Waals surface area contributed by atoms with E-state index in [0.717, 1.165) is 0 Å². The molecule has 0 aromatic carbocycles. The van der Waals surface area contributed by atoms with Crippen LogP contribution < -0.4 is 5.32 Å². The summed E-state index contributed by atoms with van der Waals surface area (Å²) < 4.78 is 0. The van der Waals surface area contributed by atoms with Gasteiger partial charge in [-0.15, -0.1) is 0 Å². The van der Waals surface area contributed by atoms with E-state index in [9.17, 15) is 9.59 Å². The van der Waals surface area contributed by atoms with Crippen molar-refractivity contribution in [3.8, 4) is 0 Å². The summed E-state index contributed by atoms with van der Waals surface area (Å²) in [7, 11) is 0. The standard InChI is InChI=1S/C13H21NO3/c1-5-6-7-8-11(15)14-10(9-12(16)17)13(2,3)4/h5-8,10H,9H2,1-4H3,(H,14,15)(H,16,17). The van der Waals surface area contributed by atoms with Crippen LogP contribution in [0.15, 0.2) is 24.3 Å². The van der Waals surface area contributed by atoms with Gasteiger partial charge in [0, 0.05) is 12.1 Å². The van der Waals surface area contributed by atoms with Gasteiger partial charge in [0.15, 0.2) is 0 Å². The Morgan fingerprint density at radius 3 is 2.29 bits per heavy atom. The molecule has 0 aromatic heterocycles. The number of carboxylic acid groups (broad SMARTS) is 1. The summed E-state index contributed by atoms with van der Waals surface area (Å²) in [6.07, 6.45) is 6.48. The minimum Gasteiger partial charge on any atom is -0.481 e. The minimum absolute atomic E-state index is 0.0767. The van der Waals surface area contributed by atoms with Crippen molar-refractivity contribution in [1.29, 1.82) is 0 Å². The van der Waals surface area contributed by atoms with Crippen LogP contribution in [0.4, 0.5) is 0 Å². The Bertz CT molecular complexity index is 324. The van der Waals surface area contributed by atoms with Crippen LogP contribution in [-0.2, 0) is 9.59 Å². The maximum Gasteiger partial charge on any atom is 0.305 e. The van der Waals surface area contributed by atoms with Crippen molar-refractivity contribution >= 4 is 11.9 Å². The van der Waals surface area contributed by atoms with E-state index in [0.29, 0.717) is 0 Å². The monoisotopic (exact) mass is 239 g/mol. The third-order valence-electron chi connectivity index (χ3n) is 2.29. The second kappa shape index (κ2) is 6.89. The van der Waals surface area contributed by atoms with E-state index >= 15 is 0 Å². The third kappa shape index (κ3) is 7.33. The second-order valence-corrected chi connectivity index (χ2v) is 4.91. The lowest BCUT2D eigenvalue weighted by atomic mass is 9.84. The molecule has 1 atom stereocenters. The molecular formula is C13H21NO3. The molecule has 0 aromatic rings. The largest absolute Gasteiger partial charge is 0.481 e. The lowest BCUT2D eigenvalue weighted by molar-refractivity contribution is -0.138. The number of aliphatic carboxylic acids is 1. The fourth-order valence-electron chi connectivity index (χ4n) is 1.22. The normalized spacial score (nSPS) is 14.1. The number of nitrogens with one attached hydrogen (secondary N) is 1. The molecule has 1 amide bonds. The van der Waals surface area contributed by atoms with E-state index in [2.05, 4.69) is 5.32 Å². The first-order valence-electron chi connectivity index (χ1n) is 5.59. The van der Waals surface area contributed by atoms with Crippen LogP contribution in [0, 0.1) is 5.41 Å². The molecule has 1 unspecified atom stereocenters. The zero-order valence-electron chi connectivity index (χ0n) is 10.9. The van der Waals surface area contributed by atoms with E-state index in [1.54, 1.807) is 12.2 Å². The summed E-state index contributed by atoms with van der Waals surface area (Å²) in [4.78, 5) is 22.2. The molecule has 0 spiro atoms. The van der Waals surface area contributed by atoms with Crippen LogP contribution >= 0.6 is 0 Å². The van der Waals surface area contributed by atoms with Gasteiger partial charge in [0.1, 0.15) is 0 Å². The van der Waals surface area contributed by atoms with Crippen LogP contribution in [0.2, 0.25) is 0 Å². The Morgan fingerprint density at radius 1 is 1.29 bits per heavy atom. The van der Waals surface area contributed by atoms with Crippen molar-refractivity contribution in [3.63, 3.8) is 0 Å². The number of rotatable bonds is 5. The summed E-state index contributed by atoms with van der Waals surface area (Å²) in [6.45, 7) is 7.55. The molecule has 2 N–H and O–H groups in total. The summed E-state index contributed by atoms with van der Waals surface area (Å²) in [6, 6.07) is -0.386. The second-order valence-electron chi connectivity index (χ2n) is 4.91. The number of amides is 1. The van der Waals surface area contributed by atoms with E-state index < -0.39 is 5.97 Å². The first-order valence-corrected chi connectivity index (χ1v) is 5.59. The first kappa shape index (κ1) is 15.4. The average Bonchev–Trinajstić information content (AvgIpc) is 2.15. The highest BCUT2D eigenvalue weighted by molar-refractivity contribution is 5.88. The van der Waals surface area contributed by atoms with Crippen molar-refractivity contribution in [2.75, 3.05) is 0 Å². The first-order chi connectivity index (χ1) is 7.77. The lowest BCUT2D eigenvalue weighted by Crippen LogP contribution is -2.44. The van der Waals surface area contributed by atoms with Gasteiger partial charge >= 0.3 is 5.97 Å². The molecule has 0 aliphatic heterocycles. The van der Waals surface area contributed by atoms with Crippen LogP contribution in [0.3, 0.4) is 0 Å². The number of hydrogen-bond donors (Lipinski definition) is 2. The molecule has 0 heterocycles. The SMILES string of the molecule is CC=CC=CC(=O)NC(CC(=O)O)C(C)(C)C. The zero-order valence-corrected chi connectivity index (χ0v) is 10.9. The van der Waals surface area contributed by atoms with Gasteiger partial charge in [-0.05, 0) is 12.3 Å². The minimum atomic E-state index is -0.914. The molecule has 0 aliphatic rings. The summed E-state index contributed by atoms with van der Waals surface area (Å²) >= 11 is 0. The summed E-state index contributed by atoms with van der Waals surface area (Å²) in [5.74, 6) is -1.19. The lowest BCUT2D eigenvalue weighted by Gasteiger charge is -2.29. The van der Waals surface area contributed by atoms with Crippen LogP contribution in [0.25, 0.3) is 0 Å². The van der Waals surface area contributed by atoms with Crippen molar-refractivity contribution in [3.05, 3.63) is 24.3 Å². The molecule has 0 aliphatic carbocycles. The van der Waals surface area contributed by atoms with Crippen LogP contribution in [0.5, 0.6) is 0 Å². The van der Waals surface area contributed by atoms with Gasteiger partial charge in [0.05, 0.1) is 6.42 Å². The zero-order chi connectivity index (χ0) is 13.5. The molecule has 0 fully saturated rings. The fraction of sp³-hybridized carbons (Fsp3) is 0.538. The molecule has 0 saturated heterocycles. The van der Waals surface area contributed by atoms with Crippen molar-refractivity contribution in [1.82, 2.24) is 5.32 Å². The molecule has 96 valence electrons. The average molecular weight is 239 g/mol. The summed E-state index contributed by atoms with van der Waals surface area (Å²) in [5, 5.41) is 11.5. The Hall–Kier alpha value is -1.58.